The van der Waals surface area contributed by atoms with Crippen molar-refractivity contribution in [3.8, 4) is 0 Å². The van der Waals surface area contributed by atoms with E-state index in [0.29, 0.717) is 43.2 Å². The predicted molar refractivity (Wildman–Crippen MR) is 92.5 cm³/mol. The van der Waals surface area contributed by atoms with Gasteiger partial charge in [-0.15, -0.1) is 0 Å². The third-order valence-electron chi connectivity index (χ3n) is 4.65. The molecular formula is C18H24N4O3. The van der Waals surface area contributed by atoms with Gasteiger partial charge in [0, 0.05) is 33.2 Å². The molecule has 0 radical (unpaired) electrons. The minimum absolute atomic E-state index is 0.0338. The van der Waals surface area contributed by atoms with E-state index in [4.69, 9.17) is 4.42 Å². The van der Waals surface area contributed by atoms with E-state index in [9.17, 15) is 9.59 Å². The van der Waals surface area contributed by atoms with Crippen molar-refractivity contribution >= 4 is 11.8 Å². The fraction of sp³-hybridized carbons (Fsp3) is 0.500. The molecule has 134 valence electrons. The molecule has 2 aromatic heterocycles. The molecule has 0 unspecified atom stereocenters. The zero-order valence-electron chi connectivity index (χ0n) is 15.2. The molecular weight excluding hydrogens is 320 g/mol. The molecule has 2 aromatic rings. The van der Waals surface area contributed by atoms with E-state index < -0.39 is 0 Å². The van der Waals surface area contributed by atoms with Crippen LogP contribution in [0.2, 0.25) is 0 Å². The summed E-state index contributed by atoms with van der Waals surface area (Å²) < 4.78 is 6.85. The maximum atomic E-state index is 12.8. The lowest BCUT2D eigenvalue weighted by molar-refractivity contribution is 0.0528. The Morgan fingerprint density at radius 1 is 1.12 bits per heavy atom. The highest BCUT2D eigenvalue weighted by Gasteiger charge is 2.28. The average molecular weight is 344 g/mol. The molecule has 25 heavy (non-hydrogen) atoms. The van der Waals surface area contributed by atoms with Crippen molar-refractivity contribution in [1.29, 1.82) is 0 Å². The Labute approximate surface area is 147 Å². The number of hydrogen-bond donors (Lipinski definition) is 0. The molecule has 0 bridgehead atoms. The van der Waals surface area contributed by atoms with E-state index in [0.717, 1.165) is 5.69 Å². The summed E-state index contributed by atoms with van der Waals surface area (Å²) in [6, 6.07) is 3.55. The molecule has 7 heteroatoms. The normalized spacial score (nSPS) is 15.1. The number of aryl methyl sites for hydroxylation is 2. The molecule has 0 spiro atoms. The number of nitrogens with zero attached hydrogens (tertiary/aromatic N) is 4. The van der Waals surface area contributed by atoms with Crippen LogP contribution in [0.3, 0.4) is 0 Å². The first-order chi connectivity index (χ1) is 11.9. The van der Waals surface area contributed by atoms with E-state index >= 15 is 0 Å². The van der Waals surface area contributed by atoms with Gasteiger partial charge in [-0.05, 0) is 25.0 Å². The Bertz CT molecular complexity index is 782. The Kier molecular flexibility index (Phi) is 4.65. The van der Waals surface area contributed by atoms with Crippen molar-refractivity contribution in [2.24, 2.45) is 7.05 Å². The van der Waals surface area contributed by atoms with Crippen molar-refractivity contribution in [3.05, 3.63) is 41.1 Å². The third-order valence-corrected chi connectivity index (χ3v) is 4.65. The maximum absolute atomic E-state index is 12.8. The molecule has 1 aliphatic heterocycles. The van der Waals surface area contributed by atoms with Crippen molar-refractivity contribution in [3.63, 3.8) is 0 Å². The molecule has 1 fully saturated rings. The summed E-state index contributed by atoms with van der Waals surface area (Å²) in [6.07, 6.45) is 1.52. The number of carbonyl (C=O) groups is 2. The van der Waals surface area contributed by atoms with Gasteiger partial charge in [0.2, 0.25) is 0 Å². The van der Waals surface area contributed by atoms with Gasteiger partial charge in [0.25, 0.3) is 11.8 Å². The van der Waals surface area contributed by atoms with Crippen LogP contribution in [0.1, 0.15) is 52.1 Å². The summed E-state index contributed by atoms with van der Waals surface area (Å²) in [5, 5.41) is 4.41. The van der Waals surface area contributed by atoms with Gasteiger partial charge >= 0.3 is 0 Å². The topological polar surface area (TPSA) is 71.6 Å². The summed E-state index contributed by atoms with van der Waals surface area (Å²) in [5.41, 5.74) is 2.09. The molecule has 0 atom stereocenters. The van der Waals surface area contributed by atoms with Gasteiger partial charge in [0.05, 0.1) is 17.5 Å². The fourth-order valence-electron chi connectivity index (χ4n) is 3.02. The molecule has 0 saturated carbocycles. The second-order valence-electron chi connectivity index (χ2n) is 6.71. The lowest BCUT2D eigenvalue weighted by Gasteiger charge is -2.34. The lowest BCUT2D eigenvalue weighted by Crippen LogP contribution is -2.50. The Morgan fingerprint density at radius 3 is 2.20 bits per heavy atom. The molecule has 3 rings (SSSR count). The van der Waals surface area contributed by atoms with Gasteiger partial charge < -0.3 is 14.2 Å². The van der Waals surface area contributed by atoms with Crippen LogP contribution < -0.4 is 0 Å². The van der Waals surface area contributed by atoms with Crippen LogP contribution in [0.5, 0.6) is 0 Å². The summed E-state index contributed by atoms with van der Waals surface area (Å²) >= 11 is 0. The molecule has 1 saturated heterocycles. The van der Waals surface area contributed by atoms with E-state index in [2.05, 4.69) is 18.9 Å². The third kappa shape index (κ3) is 3.31. The molecule has 2 amide bonds. The minimum Gasteiger partial charge on any atom is -0.469 e. The second-order valence-corrected chi connectivity index (χ2v) is 6.71. The van der Waals surface area contributed by atoms with Gasteiger partial charge in [0.15, 0.2) is 0 Å². The number of rotatable bonds is 3. The zero-order valence-corrected chi connectivity index (χ0v) is 15.2. The highest BCUT2D eigenvalue weighted by molar-refractivity contribution is 5.96. The number of aromatic nitrogens is 2. The molecule has 0 aromatic carbocycles. The second kappa shape index (κ2) is 6.74. The van der Waals surface area contributed by atoms with E-state index in [1.54, 1.807) is 34.5 Å². The summed E-state index contributed by atoms with van der Waals surface area (Å²) in [7, 11) is 1.79. The largest absolute Gasteiger partial charge is 0.469 e. The minimum atomic E-state index is -0.0408. The Hall–Kier alpha value is -2.57. The quantitative estimate of drug-likeness (QED) is 0.854. The van der Waals surface area contributed by atoms with Crippen molar-refractivity contribution < 1.29 is 14.0 Å². The molecule has 0 aliphatic carbocycles. The monoisotopic (exact) mass is 344 g/mol. The van der Waals surface area contributed by atoms with Crippen LogP contribution in [0, 0.1) is 6.92 Å². The molecule has 7 nitrogen and oxygen atoms in total. The smallest absolute Gasteiger partial charge is 0.272 e. The Balaban J connectivity index is 1.65. The molecule has 0 N–H and O–H groups in total. The van der Waals surface area contributed by atoms with E-state index in [1.807, 2.05) is 6.07 Å². The first kappa shape index (κ1) is 17.3. The average Bonchev–Trinajstić information content (AvgIpc) is 3.19. The maximum Gasteiger partial charge on any atom is 0.272 e. The van der Waals surface area contributed by atoms with Gasteiger partial charge in [-0.25, -0.2) is 0 Å². The first-order valence-electron chi connectivity index (χ1n) is 8.55. The number of furan rings is 1. The van der Waals surface area contributed by atoms with Gasteiger partial charge in [0.1, 0.15) is 11.5 Å². The van der Waals surface area contributed by atoms with Crippen LogP contribution in [0.15, 0.2) is 22.8 Å². The number of carbonyl (C=O) groups excluding carboxylic acids is 2. The summed E-state index contributed by atoms with van der Waals surface area (Å²) in [5.74, 6) is 0.828. The van der Waals surface area contributed by atoms with Crippen LogP contribution in [-0.4, -0.2) is 57.6 Å². The number of hydrogen-bond acceptors (Lipinski definition) is 4. The van der Waals surface area contributed by atoms with Gasteiger partial charge in [-0.2, -0.15) is 5.10 Å². The molecule has 1 aliphatic rings. The SMILES string of the molecule is Cc1occc1C(=O)N1CCN(C(=O)c2cc(C(C)C)nn2C)CC1. The lowest BCUT2D eigenvalue weighted by atomic mass is 10.1. The highest BCUT2D eigenvalue weighted by atomic mass is 16.3. The summed E-state index contributed by atoms with van der Waals surface area (Å²) in [6.45, 7) is 7.96. The van der Waals surface area contributed by atoms with Crippen LogP contribution in [0.4, 0.5) is 0 Å². The van der Waals surface area contributed by atoms with Crippen molar-refractivity contribution in [2.45, 2.75) is 26.7 Å². The zero-order chi connectivity index (χ0) is 18.1. The standard InChI is InChI=1S/C18H24N4O3/c1-12(2)15-11-16(20(4)19-15)18(24)22-8-6-21(7-9-22)17(23)14-5-10-25-13(14)3/h5,10-12H,6-9H2,1-4H3. The van der Waals surface area contributed by atoms with Crippen LogP contribution in [0.25, 0.3) is 0 Å². The van der Waals surface area contributed by atoms with Crippen molar-refractivity contribution in [2.75, 3.05) is 26.2 Å². The number of piperazine rings is 1. The van der Waals surface area contributed by atoms with E-state index in [1.165, 1.54) is 6.26 Å². The molecule has 3 heterocycles. The van der Waals surface area contributed by atoms with Crippen molar-refractivity contribution in [1.82, 2.24) is 19.6 Å². The van der Waals surface area contributed by atoms with E-state index in [-0.39, 0.29) is 17.7 Å². The summed E-state index contributed by atoms with van der Waals surface area (Å²) in [4.78, 5) is 28.8. The first-order valence-corrected chi connectivity index (χ1v) is 8.55. The Morgan fingerprint density at radius 2 is 1.72 bits per heavy atom. The fourth-order valence-corrected chi connectivity index (χ4v) is 3.02. The number of amides is 2. The van der Waals surface area contributed by atoms with Gasteiger partial charge in [-0.3, -0.25) is 14.3 Å². The van der Waals surface area contributed by atoms with Gasteiger partial charge in [-0.1, -0.05) is 13.8 Å². The van der Waals surface area contributed by atoms with Crippen LogP contribution >= 0.6 is 0 Å². The van der Waals surface area contributed by atoms with Crippen LogP contribution in [-0.2, 0) is 7.05 Å². The highest BCUT2D eigenvalue weighted by Crippen LogP contribution is 2.17. The predicted octanol–water partition coefficient (Wildman–Crippen LogP) is 2.04.